The molecule has 0 radical (unpaired) electrons. The molecule has 112 valence electrons. The van der Waals surface area contributed by atoms with Gasteiger partial charge in [-0.3, -0.25) is 4.98 Å². The van der Waals surface area contributed by atoms with Gasteiger partial charge in [0.2, 0.25) is 10.0 Å². The van der Waals surface area contributed by atoms with Gasteiger partial charge in [-0.15, -0.1) is 0 Å². The third-order valence-electron chi connectivity index (χ3n) is 2.99. The van der Waals surface area contributed by atoms with Gasteiger partial charge < -0.3 is 0 Å². The standard InChI is InChI=1S/C14H14Br2N2O2S/c1-18(9-7-12-4-2-3-8-17-12)21(19,20)14-6-5-11(15)10-13(14)16/h2-6,8,10H,7,9H2,1H3. The van der Waals surface area contributed by atoms with E-state index in [1.54, 1.807) is 31.4 Å². The van der Waals surface area contributed by atoms with Gasteiger partial charge in [0.1, 0.15) is 0 Å². The van der Waals surface area contributed by atoms with E-state index in [1.807, 2.05) is 18.2 Å². The summed E-state index contributed by atoms with van der Waals surface area (Å²) < 4.78 is 27.8. The van der Waals surface area contributed by atoms with Gasteiger partial charge in [0, 0.05) is 40.8 Å². The fourth-order valence-corrected chi connectivity index (χ4v) is 4.66. The van der Waals surface area contributed by atoms with E-state index in [0.717, 1.165) is 10.2 Å². The first-order valence-corrected chi connectivity index (χ1v) is 9.25. The van der Waals surface area contributed by atoms with Gasteiger partial charge in [-0.1, -0.05) is 22.0 Å². The van der Waals surface area contributed by atoms with E-state index in [1.165, 1.54) is 4.31 Å². The minimum Gasteiger partial charge on any atom is -0.261 e. The fourth-order valence-electron chi connectivity index (χ4n) is 1.79. The molecule has 0 saturated carbocycles. The second-order valence-electron chi connectivity index (χ2n) is 4.47. The van der Waals surface area contributed by atoms with Crippen molar-refractivity contribution in [1.82, 2.24) is 9.29 Å². The minimum atomic E-state index is -3.52. The number of likely N-dealkylation sites (N-methyl/N-ethyl adjacent to an activating group) is 1. The van der Waals surface area contributed by atoms with Gasteiger partial charge >= 0.3 is 0 Å². The maximum atomic E-state index is 12.5. The van der Waals surface area contributed by atoms with E-state index in [-0.39, 0.29) is 4.90 Å². The van der Waals surface area contributed by atoms with Crippen LogP contribution in [0.4, 0.5) is 0 Å². The molecule has 21 heavy (non-hydrogen) atoms. The lowest BCUT2D eigenvalue weighted by Gasteiger charge is -2.18. The number of aromatic nitrogens is 1. The molecule has 4 nitrogen and oxygen atoms in total. The van der Waals surface area contributed by atoms with E-state index >= 15 is 0 Å². The highest BCUT2D eigenvalue weighted by atomic mass is 79.9. The SMILES string of the molecule is CN(CCc1ccccn1)S(=O)(=O)c1ccc(Br)cc1Br. The summed E-state index contributed by atoms with van der Waals surface area (Å²) in [6.07, 6.45) is 2.28. The molecular formula is C14H14Br2N2O2S. The van der Waals surface area contributed by atoms with Gasteiger partial charge in [-0.05, 0) is 46.3 Å². The normalized spacial score (nSPS) is 11.8. The molecule has 2 rings (SSSR count). The van der Waals surface area contributed by atoms with Gasteiger partial charge in [0.25, 0.3) is 0 Å². The molecule has 0 aliphatic carbocycles. The van der Waals surface area contributed by atoms with Crippen molar-refractivity contribution >= 4 is 41.9 Å². The Morgan fingerprint density at radius 1 is 1.19 bits per heavy atom. The summed E-state index contributed by atoms with van der Waals surface area (Å²) in [6, 6.07) is 10.6. The van der Waals surface area contributed by atoms with E-state index in [2.05, 4.69) is 36.8 Å². The minimum absolute atomic E-state index is 0.259. The first-order valence-electron chi connectivity index (χ1n) is 6.22. The molecule has 1 aromatic heterocycles. The lowest BCUT2D eigenvalue weighted by Crippen LogP contribution is -2.29. The smallest absolute Gasteiger partial charge is 0.243 e. The number of sulfonamides is 1. The summed E-state index contributed by atoms with van der Waals surface area (Å²) in [5, 5.41) is 0. The quantitative estimate of drug-likeness (QED) is 0.725. The Labute approximate surface area is 141 Å². The highest BCUT2D eigenvalue weighted by Crippen LogP contribution is 2.27. The number of pyridine rings is 1. The first-order chi connectivity index (χ1) is 9.91. The van der Waals surface area contributed by atoms with Crippen LogP contribution in [0.2, 0.25) is 0 Å². The molecule has 0 aliphatic rings. The number of nitrogens with zero attached hydrogens (tertiary/aromatic N) is 2. The van der Waals surface area contributed by atoms with Crippen molar-refractivity contribution in [2.45, 2.75) is 11.3 Å². The second-order valence-corrected chi connectivity index (χ2v) is 8.26. The summed E-state index contributed by atoms with van der Waals surface area (Å²) in [5.41, 5.74) is 0.870. The zero-order valence-electron chi connectivity index (χ0n) is 11.3. The Morgan fingerprint density at radius 3 is 2.57 bits per heavy atom. The Bertz CT molecular complexity index is 721. The molecule has 2 aromatic rings. The van der Waals surface area contributed by atoms with E-state index in [4.69, 9.17) is 0 Å². The molecule has 0 atom stereocenters. The van der Waals surface area contributed by atoms with Crippen molar-refractivity contribution in [3.8, 4) is 0 Å². The topological polar surface area (TPSA) is 50.3 Å². The Balaban J connectivity index is 2.15. The molecule has 0 bridgehead atoms. The van der Waals surface area contributed by atoms with Crippen LogP contribution in [-0.2, 0) is 16.4 Å². The molecule has 1 aromatic carbocycles. The third-order valence-corrected chi connectivity index (χ3v) is 6.32. The third kappa shape index (κ3) is 4.12. The first kappa shape index (κ1) is 16.6. The van der Waals surface area contributed by atoms with E-state index in [0.29, 0.717) is 17.4 Å². The molecule has 0 spiro atoms. The average Bonchev–Trinajstić information content (AvgIpc) is 2.45. The number of hydrogen-bond acceptors (Lipinski definition) is 3. The van der Waals surface area contributed by atoms with Crippen LogP contribution in [-0.4, -0.2) is 31.3 Å². The van der Waals surface area contributed by atoms with Crippen molar-refractivity contribution in [3.63, 3.8) is 0 Å². The van der Waals surface area contributed by atoms with Gasteiger partial charge in [0.15, 0.2) is 0 Å². The molecular weight excluding hydrogens is 420 g/mol. The van der Waals surface area contributed by atoms with Gasteiger partial charge in [-0.25, -0.2) is 12.7 Å². The monoisotopic (exact) mass is 432 g/mol. The van der Waals surface area contributed by atoms with Crippen molar-refractivity contribution in [2.24, 2.45) is 0 Å². The maximum Gasteiger partial charge on any atom is 0.243 e. The summed E-state index contributed by atoms with van der Waals surface area (Å²) in [6.45, 7) is 0.377. The Kier molecular flexibility index (Phi) is 5.54. The van der Waals surface area contributed by atoms with Crippen LogP contribution in [0.3, 0.4) is 0 Å². The summed E-state index contributed by atoms with van der Waals surface area (Å²) in [5.74, 6) is 0. The molecule has 0 amide bonds. The second kappa shape index (κ2) is 7.00. The van der Waals surface area contributed by atoms with Crippen LogP contribution >= 0.6 is 31.9 Å². The molecule has 0 aliphatic heterocycles. The fraction of sp³-hybridized carbons (Fsp3) is 0.214. The largest absolute Gasteiger partial charge is 0.261 e. The highest BCUT2D eigenvalue weighted by Gasteiger charge is 2.23. The lowest BCUT2D eigenvalue weighted by molar-refractivity contribution is 0.470. The zero-order valence-corrected chi connectivity index (χ0v) is 15.3. The summed E-state index contributed by atoms with van der Waals surface area (Å²) in [4.78, 5) is 4.46. The predicted octanol–water partition coefficient (Wildman–Crippen LogP) is 3.47. The summed E-state index contributed by atoms with van der Waals surface area (Å²) in [7, 11) is -1.94. The Morgan fingerprint density at radius 2 is 1.95 bits per heavy atom. The van der Waals surface area contributed by atoms with Crippen molar-refractivity contribution in [2.75, 3.05) is 13.6 Å². The van der Waals surface area contributed by atoms with Crippen LogP contribution in [0.15, 0.2) is 56.4 Å². The molecule has 0 fully saturated rings. The van der Waals surface area contributed by atoms with Crippen LogP contribution in [0.1, 0.15) is 5.69 Å². The predicted molar refractivity (Wildman–Crippen MR) is 89.6 cm³/mol. The highest BCUT2D eigenvalue weighted by molar-refractivity contribution is 9.11. The van der Waals surface area contributed by atoms with Crippen molar-refractivity contribution in [3.05, 3.63) is 57.2 Å². The van der Waals surface area contributed by atoms with Gasteiger partial charge in [-0.2, -0.15) is 0 Å². The van der Waals surface area contributed by atoms with Crippen LogP contribution in [0.25, 0.3) is 0 Å². The lowest BCUT2D eigenvalue weighted by atomic mass is 10.3. The molecule has 0 N–H and O–H groups in total. The Hall–Kier alpha value is -0.760. The zero-order chi connectivity index (χ0) is 15.5. The number of rotatable bonds is 5. The summed E-state index contributed by atoms with van der Waals surface area (Å²) >= 11 is 6.61. The molecule has 0 unspecified atom stereocenters. The van der Waals surface area contributed by atoms with E-state index < -0.39 is 10.0 Å². The van der Waals surface area contributed by atoms with Crippen LogP contribution in [0.5, 0.6) is 0 Å². The van der Waals surface area contributed by atoms with Crippen LogP contribution < -0.4 is 0 Å². The average molecular weight is 434 g/mol. The van der Waals surface area contributed by atoms with E-state index in [9.17, 15) is 8.42 Å². The van der Waals surface area contributed by atoms with Crippen molar-refractivity contribution in [1.29, 1.82) is 0 Å². The van der Waals surface area contributed by atoms with Crippen LogP contribution in [0, 0.1) is 0 Å². The molecule has 1 heterocycles. The number of hydrogen-bond donors (Lipinski definition) is 0. The molecule has 0 saturated heterocycles. The number of benzene rings is 1. The maximum absolute atomic E-state index is 12.5. The molecule has 7 heteroatoms. The van der Waals surface area contributed by atoms with Crippen molar-refractivity contribution < 1.29 is 8.42 Å². The number of halogens is 2. The van der Waals surface area contributed by atoms with Gasteiger partial charge in [0.05, 0.1) is 4.90 Å².